The predicted molar refractivity (Wildman–Crippen MR) is 188 cm³/mol. The molecule has 0 radical (unpaired) electrons. The van der Waals surface area contributed by atoms with Crippen LogP contribution < -0.4 is 0 Å². The van der Waals surface area contributed by atoms with Gasteiger partial charge in [-0.1, -0.05) is 175 Å². The molecule has 0 saturated heterocycles. The fourth-order valence-corrected chi connectivity index (χ4v) is 6.27. The molecule has 0 spiro atoms. The van der Waals surface area contributed by atoms with Gasteiger partial charge in [0.2, 0.25) is 0 Å². The molecule has 3 heteroatoms. The number of nitrogens with zero attached hydrogens (tertiary/aromatic N) is 1. The quantitative estimate of drug-likeness (QED) is 0.0408. The topological polar surface area (TPSA) is 21.7 Å². The summed E-state index contributed by atoms with van der Waals surface area (Å²) in [6.45, 7) is 13.5. The SMILES string of the molecule is CCCCCCCOOCCCCCCCCCCN(C)CCCCCCCCCC(CCCCCC)CC(C)CC. The lowest BCUT2D eigenvalue weighted by atomic mass is 9.86. The first-order valence-electron chi connectivity index (χ1n) is 19.6. The Balaban J connectivity index is 3.40. The lowest BCUT2D eigenvalue weighted by Crippen LogP contribution is -2.20. The van der Waals surface area contributed by atoms with Crippen LogP contribution >= 0.6 is 0 Å². The second-order valence-electron chi connectivity index (χ2n) is 13.9. The highest BCUT2D eigenvalue weighted by molar-refractivity contribution is 4.65. The number of unbranched alkanes of at least 4 members (excludes halogenated alkanes) is 20. The lowest BCUT2D eigenvalue weighted by molar-refractivity contribution is -0.295. The minimum absolute atomic E-state index is 0.761. The van der Waals surface area contributed by atoms with Gasteiger partial charge < -0.3 is 4.90 Å². The molecular formula is C39H81NO2. The fraction of sp³-hybridized carbons (Fsp3) is 1.00. The van der Waals surface area contributed by atoms with E-state index in [0.717, 1.165) is 37.9 Å². The Bertz CT molecular complexity index is 485. The standard InChI is InChI=1S/C39H81NO2/c1-6-9-11-23-29-35-41-42-36-30-24-19-14-13-17-21-27-33-40(5)34-28-22-18-15-16-20-26-32-39(37-38(4)8-3)31-25-12-10-7-2/h38-39H,6-37H2,1-5H3. The fourth-order valence-electron chi connectivity index (χ4n) is 6.27. The zero-order chi connectivity index (χ0) is 30.8. The van der Waals surface area contributed by atoms with Gasteiger partial charge in [-0.05, 0) is 64.1 Å². The highest BCUT2D eigenvalue weighted by atomic mass is 17.2. The van der Waals surface area contributed by atoms with Crippen molar-refractivity contribution in [3.05, 3.63) is 0 Å². The second-order valence-corrected chi connectivity index (χ2v) is 13.9. The van der Waals surface area contributed by atoms with E-state index in [-0.39, 0.29) is 0 Å². The van der Waals surface area contributed by atoms with E-state index in [9.17, 15) is 0 Å². The Morgan fingerprint density at radius 2 is 0.810 bits per heavy atom. The van der Waals surface area contributed by atoms with Crippen molar-refractivity contribution >= 4 is 0 Å². The molecule has 254 valence electrons. The van der Waals surface area contributed by atoms with Crippen molar-refractivity contribution in [3.63, 3.8) is 0 Å². The zero-order valence-electron chi connectivity index (χ0n) is 30.0. The molecule has 0 amide bonds. The third-order valence-electron chi connectivity index (χ3n) is 9.48. The summed E-state index contributed by atoms with van der Waals surface area (Å²) in [5, 5.41) is 0. The lowest BCUT2D eigenvalue weighted by Gasteiger charge is -2.20. The van der Waals surface area contributed by atoms with Crippen LogP contribution in [0.1, 0.15) is 207 Å². The Kier molecular flexibility index (Phi) is 35.3. The monoisotopic (exact) mass is 596 g/mol. The van der Waals surface area contributed by atoms with Gasteiger partial charge in [-0.25, -0.2) is 9.78 Å². The van der Waals surface area contributed by atoms with Gasteiger partial charge in [-0.3, -0.25) is 0 Å². The maximum absolute atomic E-state index is 5.31. The van der Waals surface area contributed by atoms with Crippen LogP contribution in [0.5, 0.6) is 0 Å². The summed E-state index contributed by atoms with van der Waals surface area (Å²) in [6, 6.07) is 0. The average molecular weight is 596 g/mol. The summed E-state index contributed by atoms with van der Waals surface area (Å²) in [7, 11) is 2.33. The van der Waals surface area contributed by atoms with Gasteiger partial charge in [-0.15, -0.1) is 0 Å². The molecule has 2 atom stereocenters. The van der Waals surface area contributed by atoms with E-state index in [2.05, 4.69) is 39.6 Å². The van der Waals surface area contributed by atoms with Crippen molar-refractivity contribution in [3.8, 4) is 0 Å². The first-order chi connectivity index (χ1) is 20.6. The highest BCUT2D eigenvalue weighted by Gasteiger charge is 2.12. The third-order valence-corrected chi connectivity index (χ3v) is 9.48. The average Bonchev–Trinajstić information content (AvgIpc) is 2.99. The maximum atomic E-state index is 5.31. The molecule has 0 aromatic heterocycles. The normalized spacial score (nSPS) is 13.3. The first-order valence-corrected chi connectivity index (χ1v) is 19.6. The van der Waals surface area contributed by atoms with Crippen molar-refractivity contribution in [1.29, 1.82) is 0 Å². The molecule has 0 aliphatic rings. The van der Waals surface area contributed by atoms with Crippen molar-refractivity contribution < 1.29 is 9.78 Å². The van der Waals surface area contributed by atoms with E-state index < -0.39 is 0 Å². The highest BCUT2D eigenvalue weighted by Crippen LogP contribution is 2.26. The molecule has 0 rings (SSSR count). The molecule has 3 nitrogen and oxygen atoms in total. The summed E-state index contributed by atoms with van der Waals surface area (Å²) in [4.78, 5) is 13.2. The maximum Gasteiger partial charge on any atom is 0.0822 e. The van der Waals surface area contributed by atoms with Gasteiger partial charge >= 0.3 is 0 Å². The van der Waals surface area contributed by atoms with Crippen LogP contribution in [0.4, 0.5) is 0 Å². The molecule has 0 heterocycles. The van der Waals surface area contributed by atoms with Crippen molar-refractivity contribution in [2.24, 2.45) is 11.8 Å². The van der Waals surface area contributed by atoms with E-state index in [4.69, 9.17) is 9.78 Å². The van der Waals surface area contributed by atoms with Gasteiger partial charge in [0.1, 0.15) is 0 Å². The summed E-state index contributed by atoms with van der Waals surface area (Å²) >= 11 is 0. The van der Waals surface area contributed by atoms with Gasteiger partial charge in [0.25, 0.3) is 0 Å². The van der Waals surface area contributed by atoms with Gasteiger partial charge in [0, 0.05) is 0 Å². The molecule has 0 fully saturated rings. The zero-order valence-corrected chi connectivity index (χ0v) is 30.0. The Hall–Kier alpha value is -0.120. The molecule has 0 aliphatic carbocycles. The Morgan fingerprint density at radius 1 is 0.452 bits per heavy atom. The minimum atomic E-state index is 0.761. The van der Waals surface area contributed by atoms with Gasteiger partial charge in [-0.2, -0.15) is 0 Å². The molecule has 0 aromatic carbocycles. The Morgan fingerprint density at radius 3 is 1.24 bits per heavy atom. The van der Waals surface area contributed by atoms with Crippen LogP contribution in [0, 0.1) is 11.8 Å². The molecule has 42 heavy (non-hydrogen) atoms. The van der Waals surface area contributed by atoms with E-state index in [1.807, 2.05) is 0 Å². The van der Waals surface area contributed by atoms with Crippen LogP contribution in [-0.2, 0) is 9.78 Å². The summed E-state index contributed by atoms with van der Waals surface area (Å²) in [5.74, 6) is 1.92. The molecule has 2 unspecified atom stereocenters. The summed E-state index contributed by atoms with van der Waals surface area (Å²) < 4.78 is 0. The smallest absolute Gasteiger partial charge is 0.0822 e. The first kappa shape index (κ1) is 41.9. The largest absolute Gasteiger partial charge is 0.306 e. The molecule has 0 bridgehead atoms. The van der Waals surface area contributed by atoms with Crippen LogP contribution in [0.3, 0.4) is 0 Å². The number of hydrogen-bond acceptors (Lipinski definition) is 3. The van der Waals surface area contributed by atoms with E-state index in [1.165, 1.54) is 180 Å². The molecule has 0 saturated carbocycles. The Labute approximate surface area is 267 Å². The molecule has 0 N–H and O–H groups in total. The van der Waals surface area contributed by atoms with E-state index >= 15 is 0 Å². The third kappa shape index (κ3) is 32.8. The van der Waals surface area contributed by atoms with Crippen molar-refractivity contribution in [1.82, 2.24) is 4.90 Å². The number of rotatable bonds is 36. The molecule has 0 aromatic rings. The van der Waals surface area contributed by atoms with Crippen LogP contribution in [0.2, 0.25) is 0 Å². The van der Waals surface area contributed by atoms with Gasteiger partial charge in [0.15, 0.2) is 0 Å². The second kappa shape index (κ2) is 35.4. The molecular weight excluding hydrogens is 514 g/mol. The van der Waals surface area contributed by atoms with Crippen LogP contribution in [-0.4, -0.2) is 38.3 Å². The van der Waals surface area contributed by atoms with Crippen molar-refractivity contribution in [2.45, 2.75) is 207 Å². The minimum Gasteiger partial charge on any atom is -0.306 e. The summed E-state index contributed by atoms with van der Waals surface area (Å²) in [6.07, 6.45) is 38.7. The van der Waals surface area contributed by atoms with Crippen molar-refractivity contribution in [2.75, 3.05) is 33.4 Å². The van der Waals surface area contributed by atoms with Crippen LogP contribution in [0.15, 0.2) is 0 Å². The van der Waals surface area contributed by atoms with Crippen LogP contribution in [0.25, 0.3) is 0 Å². The molecule has 0 aliphatic heterocycles. The van der Waals surface area contributed by atoms with E-state index in [0.29, 0.717) is 0 Å². The van der Waals surface area contributed by atoms with Gasteiger partial charge in [0.05, 0.1) is 13.2 Å². The summed E-state index contributed by atoms with van der Waals surface area (Å²) in [5.41, 5.74) is 0. The predicted octanol–water partition coefficient (Wildman–Crippen LogP) is 13.1. The number of hydrogen-bond donors (Lipinski definition) is 0. The van der Waals surface area contributed by atoms with E-state index in [1.54, 1.807) is 0 Å².